The van der Waals surface area contributed by atoms with Gasteiger partial charge in [0.1, 0.15) is 16.4 Å². The van der Waals surface area contributed by atoms with Crippen molar-refractivity contribution >= 4 is 51.9 Å². The van der Waals surface area contributed by atoms with E-state index in [1.165, 1.54) is 0 Å². The number of aromatic nitrogens is 4. The highest BCUT2D eigenvalue weighted by Crippen LogP contribution is 2.31. The van der Waals surface area contributed by atoms with Gasteiger partial charge < -0.3 is 20.6 Å². The number of hydrogen-bond donors (Lipinski definition) is 3. The van der Waals surface area contributed by atoms with Crippen molar-refractivity contribution in [3.8, 4) is 0 Å². The minimum atomic E-state index is -0.477. The van der Waals surface area contributed by atoms with E-state index >= 15 is 0 Å². The van der Waals surface area contributed by atoms with Crippen LogP contribution in [-0.4, -0.2) is 41.3 Å². The lowest BCUT2D eigenvalue weighted by atomic mass is 10.2. The van der Waals surface area contributed by atoms with Crippen molar-refractivity contribution in [1.29, 1.82) is 0 Å². The molecule has 0 amide bonds. The van der Waals surface area contributed by atoms with E-state index in [1.54, 1.807) is 10.9 Å². The topological polar surface area (TPSA) is 102 Å². The van der Waals surface area contributed by atoms with Crippen LogP contribution in [0.5, 0.6) is 0 Å². The monoisotopic (exact) mass is 393 g/mol. The number of aliphatic hydroxyl groups excluding tert-OH is 1. The number of hydrogen-bond acceptors (Lipinski definition) is 6. The Morgan fingerprint density at radius 1 is 1.68 bits per heavy atom. The maximum Gasteiger partial charge on any atom is 0.200 e. The second kappa shape index (κ2) is 4.96. The average Bonchev–Trinajstić information content (AvgIpc) is 2.92. The molecule has 2 aromatic heterocycles. The van der Waals surface area contributed by atoms with Gasteiger partial charge in [-0.05, 0) is 0 Å². The highest BCUT2D eigenvalue weighted by Gasteiger charge is 2.35. The van der Waals surface area contributed by atoms with Gasteiger partial charge in [0.25, 0.3) is 0 Å². The Labute approximate surface area is 127 Å². The highest BCUT2D eigenvalue weighted by molar-refractivity contribution is 14.1. The summed E-state index contributed by atoms with van der Waals surface area (Å²) >= 11 is 7.35. The quantitative estimate of drug-likeness (QED) is 0.402. The van der Waals surface area contributed by atoms with Crippen molar-refractivity contribution in [1.82, 2.24) is 19.5 Å². The predicted octanol–water partition coefficient (Wildman–Crippen LogP) is 1.15. The number of nitrogens with zero attached hydrogens (tertiary/aromatic N) is 3. The summed E-state index contributed by atoms with van der Waals surface area (Å²) < 4.78 is 8.75. The zero-order chi connectivity index (χ0) is 13.6. The number of anilines is 1. The fraction of sp³-hybridized carbons (Fsp3) is 0.500. The van der Waals surface area contributed by atoms with Gasteiger partial charge in [0, 0.05) is 10.8 Å². The Morgan fingerprint density at radius 3 is 3.16 bits per heavy atom. The summed E-state index contributed by atoms with van der Waals surface area (Å²) in [6, 6.07) is 0. The van der Waals surface area contributed by atoms with Gasteiger partial charge in [-0.25, -0.2) is 4.98 Å². The van der Waals surface area contributed by atoms with E-state index < -0.39 is 6.10 Å². The van der Waals surface area contributed by atoms with E-state index in [0.717, 1.165) is 4.43 Å². The van der Waals surface area contributed by atoms with E-state index in [1.807, 2.05) is 0 Å². The number of fused-ring (bicyclic) bond motifs is 1. The Morgan fingerprint density at radius 2 is 2.47 bits per heavy atom. The molecule has 1 fully saturated rings. The van der Waals surface area contributed by atoms with Crippen LogP contribution in [0.15, 0.2) is 6.33 Å². The van der Waals surface area contributed by atoms with Gasteiger partial charge in [0.05, 0.1) is 18.5 Å². The molecule has 4 N–H and O–H groups in total. The van der Waals surface area contributed by atoms with Crippen molar-refractivity contribution in [2.75, 3.05) is 10.2 Å². The van der Waals surface area contributed by atoms with Crippen LogP contribution in [0.25, 0.3) is 11.2 Å². The van der Waals surface area contributed by atoms with Crippen LogP contribution < -0.4 is 5.73 Å². The zero-order valence-corrected chi connectivity index (χ0v) is 12.8. The molecule has 0 aromatic carbocycles. The fourth-order valence-corrected chi connectivity index (χ4v) is 3.22. The lowest BCUT2D eigenvalue weighted by Crippen LogP contribution is -2.21. The van der Waals surface area contributed by atoms with E-state index in [-0.39, 0.29) is 18.3 Å². The lowest BCUT2D eigenvalue weighted by molar-refractivity contribution is -0.00220. The van der Waals surface area contributed by atoms with Crippen molar-refractivity contribution in [3.05, 3.63) is 11.0 Å². The lowest BCUT2D eigenvalue weighted by Gasteiger charge is -2.13. The van der Waals surface area contributed by atoms with Crippen LogP contribution in [0.4, 0.5) is 5.95 Å². The number of imidazole rings is 1. The number of aromatic amines is 1. The second-order valence-electron chi connectivity index (χ2n) is 4.36. The summed E-state index contributed by atoms with van der Waals surface area (Å²) in [4.78, 5) is 11.2. The van der Waals surface area contributed by atoms with E-state index in [0.29, 0.717) is 22.2 Å². The van der Waals surface area contributed by atoms with Crippen LogP contribution >= 0.6 is 34.8 Å². The Balaban J connectivity index is 2.05. The molecule has 1 aliphatic rings. The normalized spacial score (nSPS) is 27.2. The molecule has 0 aliphatic carbocycles. The Bertz CT molecular complexity index is 671. The number of alkyl halides is 1. The number of halogens is 1. The molecule has 1 unspecified atom stereocenters. The van der Waals surface area contributed by atoms with Crippen LogP contribution in [0.3, 0.4) is 0 Å². The van der Waals surface area contributed by atoms with Crippen molar-refractivity contribution in [2.24, 2.45) is 0 Å². The molecule has 3 atom stereocenters. The van der Waals surface area contributed by atoms with Gasteiger partial charge in [-0.3, -0.25) is 4.57 Å². The molecule has 7 nitrogen and oxygen atoms in total. The van der Waals surface area contributed by atoms with Gasteiger partial charge in [-0.2, -0.15) is 4.98 Å². The number of nitrogens with one attached hydrogen (secondary N) is 1. The summed E-state index contributed by atoms with van der Waals surface area (Å²) in [6.07, 6.45) is 1.19. The van der Waals surface area contributed by atoms with E-state index in [9.17, 15) is 5.11 Å². The van der Waals surface area contributed by atoms with Gasteiger partial charge in [0.15, 0.2) is 5.65 Å². The van der Waals surface area contributed by atoms with Crippen LogP contribution in [-0.2, 0) is 4.74 Å². The molecule has 19 heavy (non-hydrogen) atoms. The van der Waals surface area contributed by atoms with Gasteiger partial charge in [-0.15, -0.1) is 0 Å². The molecule has 0 saturated carbocycles. The molecule has 3 heterocycles. The third kappa shape index (κ3) is 2.24. The highest BCUT2D eigenvalue weighted by atomic mass is 127. The molecule has 3 rings (SSSR count). The SMILES string of the molecule is Nc1nc2c(ncn2[C@H]2CC(O)[C@@H](CI)O2)c(=S)[nH]1. The molecule has 0 bridgehead atoms. The van der Waals surface area contributed by atoms with Crippen molar-refractivity contribution in [3.63, 3.8) is 0 Å². The fourth-order valence-electron chi connectivity index (χ4n) is 2.18. The minimum Gasteiger partial charge on any atom is -0.390 e. The average molecular weight is 393 g/mol. The van der Waals surface area contributed by atoms with E-state index in [4.69, 9.17) is 22.7 Å². The molecule has 9 heteroatoms. The number of nitrogens with two attached hydrogens (primary N) is 1. The smallest absolute Gasteiger partial charge is 0.200 e. The third-order valence-electron chi connectivity index (χ3n) is 3.12. The summed E-state index contributed by atoms with van der Waals surface area (Å²) in [6.45, 7) is 0. The Hall–Kier alpha value is -0.780. The number of rotatable bonds is 2. The maximum atomic E-state index is 9.90. The number of ether oxygens (including phenoxy) is 1. The number of aliphatic hydroxyl groups is 1. The number of nitrogen functional groups attached to an aromatic ring is 1. The Kier molecular flexibility index (Phi) is 3.45. The predicted molar refractivity (Wildman–Crippen MR) is 80.5 cm³/mol. The first kappa shape index (κ1) is 13.2. The first-order valence-corrected chi connectivity index (χ1v) is 7.65. The summed E-state index contributed by atoms with van der Waals surface area (Å²) in [7, 11) is 0. The van der Waals surface area contributed by atoms with Gasteiger partial charge in [-0.1, -0.05) is 34.8 Å². The molecule has 102 valence electrons. The van der Waals surface area contributed by atoms with Gasteiger partial charge >= 0.3 is 0 Å². The molecule has 2 aromatic rings. The van der Waals surface area contributed by atoms with Crippen molar-refractivity contribution in [2.45, 2.75) is 24.9 Å². The van der Waals surface area contributed by atoms with E-state index in [2.05, 4.69) is 37.5 Å². The standard InChI is InChI=1S/C10H12IN5O2S/c11-2-5-4(17)1-6(18-5)16-3-13-7-8(16)14-10(12)15-9(7)19/h3-6,17H,1-2H2,(H3,12,14,15,19)/t4?,5-,6-/m1/s1. The van der Waals surface area contributed by atoms with Gasteiger partial charge in [0.2, 0.25) is 5.95 Å². The molecular weight excluding hydrogens is 381 g/mol. The largest absolute Gasteiger partial charge is 0.390 e. The zero-order valence-electron chi connectivity index (χ0n) is 9.78. The molecule has 1 saturated heterocycles. The second-order valence-corrected chi connectivity index (χ2v) is 5.65. The third-order valence-corrected chi connectivity index (χ3v) is 4.28. The first-order chi connectivity index (χ1) is 9.10. The van der Waals surface area contributed by atoms with Crippen LogP contribution in [0.1, 0.15) is 12.6 Å². The van der Waals surface area contributed by atoms with Crippen LogP contribution in [0.2, 0.25) is 0 Å². The van der Waals surface area contributed by atoms with Crippen molar-refractivity contribution < 1.29 is 9.84 Å². The summed E-state index contributed by atoms with van der Waals surface area (Å²) in [5.41, 5.74) is 6.83. The summed E-state index contributed by atoms with van der Waals surface area (Å²) in [5, 5.41) is 9.90. The number of H-pyrrole nitrogens is 1. The summed E-state index contributed by atoms with van der Waals surface area (Å²) in [5.74, 6) is 0.239. The maximum absolute atomic E-state index is 9.90. The molecule has 1 aliphatic heterocycles. The van der Waals surface area contributed by atoms with Crippen LogP contribution in [0, 0.1) is 4.64 Å². The molecule has 0 spiro atoms. The molecular formula is C10H12IN5O2S. The molecule has 0 radical (unpaired) electrons. The first-order valence-electron chi connectivity index (χ1n) is 5.72. The minimum absolute atomic E-state index is 0.168.